The number of halogens is 1. The largest absolute Gasteiger partial charge is 0.368 e. The van der Waals surface area contributed by atoms with Crippen molar-refractivity contribution in [1.29, 1.82) is 0 Å². The molecule has 3 heteroatoms. The molecular weight excluding hydrogens is 256 g/mol. The van der Waals surface area contributed by atoms with Crippen molar-refractivity contribution in [2.75, 3.05) is 18.0 Å². The molecule has 0 aromatic heterocycles. The second-order valence-electron chi connectivity index (χ2n) is 5.42. The van der Waals surface area contributed by atoms with Gasteiger partial charge in [-0.1, -0.05) is 31.4 Å². The molecule has 1 unspecified atom stereocenters. The minimum Gasteiger partial charge on any atom is -0.368 e. The summed E-state index contributed by atoms with van der Waals surface area (Å²) in [5, 5.41) is 0.815. The first-order valence-electron chi connectivity index (χ1n) is 7.51. The van der Waals surface area contributed by atoms with Crippen molar-refractivity contribution in [2.45, 2.75) is 51.5 Å². The Kier molecular flexibility index (Phi) is 5.53. The first-order chi connectivity index (χ1) is 9.26. The molecule has 1 atom stereocenters. The molecule has 19 heavy (non-hydrogen) atoms. The standard InChI is InChI=1S/C16H25ClN2/c1-2-15-6-4-3-5-11-19(15)16-8-7-14(17)12-13(16)9-10-18/h7-8,12,15H,2-6,9-11,18H2,1H3. The van der Waals surface area contributed by atoms with Crippen molar-refractivity contribution >= 4 is 17.3 Å². The third-order valence-corrected chi connectivity index (χ3v) is 4.35. The average Bonchev–Trinajstić information content (AvgIpc) is 2.64. The van der Waals surface area contributed by atoms with E-state index in [-0.39, 0.29) is 0 Å². The zero-order chi connectivity index (χ0) is 13.7. The van der Waals surface area contributed by atoms with Crippen LogP contribution in [0.3, 0.4) is 0 Å². The quantitative estimate of drug-likeness (QED) is 0.903. The maximum Gasteiger partial charge on any atom is 0.0410 e. The predicted octanol–water partition coefficient (Wildman–Crippen LogP) is 4.00. The molecule has 1 saturated heterocycles. The second-order valence-corrected chi connectivity index (χ2v) is 5.85. The lowest BCUT2D eigenvalue weighted by Gasteiger charge is -2.33. The van der Waals surface area contributed by atoms with Gasteiger partial charge in [0.15, 0.2) is 0 Å². The minimum absolute atomic E-state index is 0.667. The van der Waals surface area contributed by atoms with E-state index >= 15 is 0 Å². The van der Waals surface area contributed by atoms with E-state index < -0.39 is 0 Å². The van der Waals surface area contributed by atoms with Crippen molar-refractivity contribution in [1.82, 2.24) is 0 Å². The molecule has 1 heterocycles. The van der Waals surface area contributed by atoms with E-state index in [2.05, 4.69) is 24.0 Å². The topological polar surface area (TPSA) is 29.3 Å². The van der Waals surface area contributed by atoms with Gasteiger partial charge in [-0.3, -0.25) is 0 Å². The van der Waals surface area contributed by atoms with Gasteiger partial charge in [0.2, 0.25) is 0 Å². The Balaban J connectivity index is 2.31. The maximum absolute atomic E-state index is 6.13. The molecule has 1 aromatic carbocycles. The summed E-state index contributed by atoms with van der Waals surface area (Å²) in [5.41, 5.74) is 8.40. The lowest BCUT2D eigenvalue weighted by molar-refractivity contribution is 0.555. The molecule has 1 aromatic rings. The normalized spacial score (nSPS) is 20.4. The summed E-state index contributed by atoms with van der Waals surface area (Å²) in [6.45, 7) is 4.14. The molecule has 0 radical (unpaired) electrons. The van der Waals surface area contributed by atoms with Crippen molar-refractivity contribution in [3.8, 4) is 0 Å². The third kappa shape index (κ3) is 3.64. The summed E-state index contributed by atoms with van der Waals surface area (Å²) in [6, 6.07) is 6.94. The van der Waals surface area contributed by atoms with Crippen LogP contribution >= 0.6 is 11.6 Å². The van der Waals surface area contributed by atoms with Crippen LogP contribution in [0.4, 0.5) is 5.69 Å². The molecule has 1 fully saturated rings. The molecule has 106 valence electrons. The highest BCUT2D eigenvalue weighted by Crippen LogP contribution is 2.30. The van der Waals surface area contributed by atoms with Crippen LogP contribution in [-0.2, 0) is 6.42 Å². The molecule has 0 bridgehead atoms. The maximum atomic E-state index is 6.13. The lowest BCUT2D eigenvalue weighted by atomic mass is 10.0. The van der Waals surface area contributed by atoms with E-state index in [4.69, 9.17) is 17.3 Å². The van der Waals surface area contributed by atoms with Gasteiger partial charge in [0.25, 0.3) is 0 Å². The van der Waals surface area contributed by atoms with Gasteiger partial charge in [0.1, 0.15) is 0 Å². The molecule has 0 amide bonds. The summed E-state index contributed by atoms with van der Waals surface area (Å²) in [5.74, 6) is 0. The predicted molar refractivity (Wildman–Crippen MR) is 84.1 cm³/mol. The number of anilines is 1. The molecule has 1 aliphatic heterocycles. The van der Waals surface area contributed by atoms with Gasteiger partial charge in [-0.25, -0.2) is 0 Å². The van der Waals surface area contributed by atoms with Crippen molar-refractivity contribution in [3.05, 3.63) is 28.8 Å². The minimum atomic E-state index is 0.667. The fourth-order valence-electron chi connectivity index (χ4n) is 3.11. The van der Waals surface area contributed by atoms with Crippen LogP contribution in [0.25, 0.3) is 0 Å². The van der Waals surface area contributed by atoms with Gasteiger partial charge in [-0.2, -0.15) is 0 Å². The summed E-state index contributed by atoms with van der Waals surface area (Å²) < 4.78 is 0. The van der Waals surface area contributed by atoms with E-state index in [1.807, 2.05) is 6.07 Å². The average molecular weight is 281 g/mol. The number of nitrogens with zero attached hydrogens (tertiary/aromatic N) is 1. The first-order valence-corrected chi connectivity index (χ1v) is 7.89. The SMILES string of the molecule is CCC1CCCCCN1c1ccc(Cl)cc1CCN. The summed E-state index contributed by atoms with van der Waals surface area (Å²) in [4.78, 5) is 2.59. The first kappa shape index (κ1) is 14.7. The summed E-state index contributed by atoms with van der Waals surface area (Å²) in [7, 11) is 0. The molecule has 0 aliphatic carbocycles. The highest BCUT2D eigenvalue weighted by Gasteiger charge is 2.21. The number of hydrogen-bond donors (Lipinski definition) is 1. The van der Waals surface area contributed by atoms with E-state index in [1.54, 1.807) is 0 Å². The highest BCUT2D eigenvalue weighted by atomic mass is 35.5. The van der Waals surface area contributed by atoms with Gasteiger partial charge in [0, 0.05) is 23.3 Å². The fourth-order valence-corrected chi connectivity index (χ4v) is 3.30. The van der Waals surface area contributed by atoms with Gasteiger partial charge >= 0.3 is 0 Å². The van der Waals surface area contributed by atoms with Crippen LogP contribution in [0, 0.1) is 0 Å². The third-order valence-electron chi connectivity index (χ3n) is 4.11. The van der Waals surface area contributed by atoms with Gasteiger partial charge in [-0.15, -0.1) is 0 Å². The number of nitrogens with two attached hydrogens (primary N) is 1. The molecular formula is C16H25ClN2. The van der Waals surface area contributed by atoms with Crippen LogP contribution < -0.4 is 10.6 Å². The monoisotopic (exact) mass is 280 g/mol. The van der Waals surface area contributed by atoms with Crippen LogP contribution in [0.1, 0.15) is 44.6 Å². The Bertz CT molecular complexity index is 406. The Morgan fingerprint density at radius 3 is 2.89 bits per heavy atom. The van der Waals surface area contributed by atoms with Gasteiger partial charge in [0.05, 0.1) is 0 Å². The van der Waals surface area contributed by atoms with E-state index in [1.165, 1.54) is 43.4 Å². The smallest absolute Gasteiger partial charge is 0.0410 e. The van der Waals surface area contributed by atoms with Gasteiger partial charge in [-0.05, 0) is 56.0 Å². The molecule has 2 N–H and O–H groups in total. The summed E-state index contributed by atoms with van der Waals surface area (Å²) in [6.07, 6.45) is 7.43. The Labute approximate surface area is 121 Å². The molecule has 0 saturated carbocycles. The Hall–Kier alpha value is -0.730. The molecule has 2 nitrogen and oxygen atoms in total. The zero-order valence-electron chi connectivity index (χ0n) is 11.9. The number of benzene rings is 1. The van der Waals surface area contributed by atoms with Gasteiger partial charge < -0.3 is 10.6 Å². The van der Waals surface area contributed by atoms with Crippen LogP contribution in [0.5, 0.6) is 0 Å². The fraction of sp³-hybridized carbons (Fsp3) is 0.625. The Morgan fingerprint density at radius 2 is 2.16 bits per heavy atom. The molecule has 2 rings (SSSR count). The molecule has 1 aliphatic rings. The van der Waals surface area contributed by atoms with Crippen molar-refractivity contribution < 1.29 is 0 Å². The van der Waals surface area contributed by atoms with Crippen molar-refractivity contribution in [2.24, 2.45) is 5.73 Å². The number of hydrogen-bond acceptors (Lipinski definition) is 2. The Morgan fingerprint density at radius 1 is 1.32 bits per heavy atom. The molecule has 0 spiro atoms. The van der Waals surface area contributed by atoms with Crippen molar-refractivity contribution in [3.63, 3.8) is 0 Å². The van der Waals surface area contributed by atoms with E-state index in [0.717, 1.165) is 18.0 Å². The van der Waals surface area contributed by atoms with E-state index in [0.29, 0.717) is 12.6 Å². The van der Waals surface area contributed by atoms with Crippen LogP contribution in [-0.4, -0.2) is 19.1 Å². The zero-order valence-corrected chi connectivity index (χ0v) is 12.6. The summed E-state index contributed by atoms with van der Waals surface area (Å²) >= 11 is 6.13. The second kappa shape index (κ2) is 7.16. The lowest BCUT2D eigenvalue weighted by Crippen LogP contribution is -2.35. The van der Waals surface area contributed by atoms with E-state index in [9.17, 15) is 0 Å². The van der Waals surface area contributed by atoms with Crippen LogP contribution in [0.2, 0.25) is 5.02 Å². The number of rotatable bonds is 4. The highest BCUT2D eigenvalue weighted by molar-refractivity contribution is 6.30. The van der Waals surface area contributed by atoms with Crippen LogP contribution in [0.15, 0.2) is 18.2 Å².